The molecule has 0 saturated carbocycles. The largest absolute Gasteiger partial charge is 0.388 e. The van der Waals surface area contributed by atoms with Gasteiger partial charge in [-0.3, -0.25) is 0 Å². The second-order valence-corrected chi connectivity index (χ2v) is 5.66. The Kier molecular flexibility index (Phi) is 7.53. The molecular formula is C15H21IO. The summed E-state index contributed by atoms with van der Waals surface area (Å²) in [6, 6.07) is 9.87. The minimum Gasteiger partial charge on any atom is -0.388 e. The molecule has 17 heavy (non-hydrogen) atoms. The van der Waals surface area contributed by atoms with Gasteiger partial charge in [-0.15, -0.1) is 0 Å². The van der Waals surface area contributed by atoms with Crippen molar-refractivity contribution >= 4 is 22.6 Å². The van der Waals surface area contributed by atoms with Gasteiger partial charge < -0.3 is 5.11 Å². The van der Waals surface area contributed by atoms with Crippen molar-refractivity contribution in [1.29, 1.82) is 0 Å². The number of aliphatic hydroxyl groups is 1. The third-order valence-corrected chi connectivity index (χ3v) is 3.63. The van der Waals surface area contributed by atoms with Gasteiger partial charge in [0.1, 0.15) is 0 Å². The summed E-state index contributed by atoms with van der Waals surface area (Å²) < 4.78 is 1.26. The van der Waals surface area contributed by atoms with E-state index in [2.05, 4.69) is 35.6 Å². The van der Waals surface area contributed by atoms with Crippen molar-refractivity contribution in [1.82, 2.24) is 0 Å². The van der Waals surface area contributed by atoms with Gasteiger partial charge in [0, 0.05) is 6.42 Å². The molecule has 1 N–H and O–H groups in total. The summed E-state index contributed by atoms with van der Waals surface area (Å²) in [5.41, 5.74) is 1.00. The highest BCUT2D eigenvalue weighted by Crippen LogP contribution is 2.25. The van der Waals surface area contributed by atoms with Crippen molar-refractivity contribution in [2.75, 3.05) is 0 Å². The molecule has 0 saturated heterocycles. The van der Waals surface area contributed by atoms with Crippen LogP contribution in [0.1, 0.15) is 50.7 Å². The number of allylic oxidation sites excluding steroid dienone is 1. The Morgan fingerprint density at radius 1 is 1.29 bits per heavy atom. The summed E-state index contributed by atoms with van der Waals surface area (Å²) in [4.78, 5) is 0. The zero-order valence-electron chi connectivity index (χ0n) is 10.4. The van der Waals surface area contributed by atoms with E-state index in [9.17, 15) is 5.11 Å². The van der Waals surface area contributed by atoms with E-state index < -0.39 is 0 Å². The standard InChI is InChI=1S/C15H21IO/c1-2-3-4-8-11-14(16)12-15(17)13-9-6-5-7-10-13/h5-7,9-11,15,17H,2-4,8,12H2,1H3/b14-11-. The van der Waals surface area contributed by atoms with E-state index in [0.29, 0.717) is 0 Å². The summed E-state index contributed by atoms with van der Waals surface area (Å²) >= 11 is 2.34. The van der Waals surface area contributed by atoms with Crippen LogP contribution >= 0.6 is 22.6 Å². The maximum absolute atomic E-state index is 10.0. The summed E-state index contributed by atoms with van der Waals surface area (Å²) in [5.74, 6) is 0. The molecule has 0 fully saturated rings. The molecule has 0 radical (unpaired) electrons. The molecule has 0 amide bonds. The molecule has 1 rings (SSSR count). The van der Waals surface area contributed by atoms with E-state index in [4.69, 9.17) is 0 Å². The molecule has 1 unspecified atom stereocenters. The van der Waals surface area contributed by atoms with Crippen molar-refractivity contribution < 1.29 is 5.11 Å². The van der Waals surface area contributed by atoms with E-state index in [0.717, 1.165) is 18.4 Å². The first kappa shape index (κ1) is 14.7. The quantitative estimate of drug-likeness (QED) is 0.545. The average molecular weight is 344 g/mol. The highest BCUT2D eigenvalue weighted by Gasteiger charge is 2.07. The first-order valence-corrected chi connectivity index (χ1v) is 7.39. The van der Waals surface area contributed by atoms with Gasteiger partial charge in [0.2, 0.25) is 0 Å². The Bertz CT molecular complexity index is 332. The lowest BCUT2D eigenvalue weighted by Crippen LogP contribution is -1.96. The Labute approximate surface area is 118 Å². The minimum absolute atomic E-state index is 0.370. The van der Waals surface area contributed by atoms with Crippen molar-refractivity contribution in [3.8, 4) is 0 Å². The number of rotatable bonds is 7. The molecular weight excluding hydrogens is 323 g/mol. The highest BCUT2D eigenvalue weighted by atomic mass is 127. The van der Waals surface area contributed by atoms with Crippen LogP contribution in [0.15, 0.2) is 40.0 Å². The molecule has 0 bridgehead atoms. The molecule has 0 spiro atoms. The van der Waals surface area contributed by atoms with Gasteiger partial charge in [0.05, 0.1) is 6.10 Å². The van der Waals surface area contributed by atoms with Crippen LogP contribution < -0.4 is 0 Å². The second kappa shape index (κ2) is 8.70. The predicted molar refractivity (Wildman–Crippen MR) is 82.3 cm³/mol. The summed E-state index contributed by atoms with van der Waals surface area (Å²) in [6.45, 7) is 2.22. The molecule has 1 nitrogen and oxygen atoms in total. The normalized spacial score (nSPS) is 13.7. The number of unbranched alkanes of at least 4 members (excludes halogenated alkanes) is 3. The first-order chi connectivity index (χ1) is 8.24. The first-order valence-electron chi connectivity index (χ1n) is 6.31. The smallest absolute Gasteiger partial charge is 0.0834 e. The summed E-state index contributed by atoms with van der Waals surface area (Å²) in [7, 11) is 0. The van der Waals surface area contributed by atoms with E-state index >= 15 is 0 Å². The maximum Gasteiger partial charge on any atom is 0.0834 e. The molecule has 0 aliphatic rings. The fourth-order valence-electron chi connectivity index (χ4n) is 1.71. The SMILES string of the molecule is CCCCC/C=C(\I)CC(O)c1ccccc1. The molecule has 1 aromatic rings. The van der Waals surface area contributed by atoms with Gasteiger partial charge >= 0.3 is 0 Å². The lowest BCUT2D eigenvalue weighted by molar-refractivity contribution is 0.181. The molecule has 1 atom stereocenters. The van der Waals surface area contributed by atoms with Crippen LogP contribution in [0.25, 0.3) is 0 Å². The van der Waals surface area contributed by atoms with E-state index in [1.165, 1.54) is 22.8 Å². The van der Waals surface area contributed by atoms with Gasteiger partial charge in [0.15, 0.2) is 0 Å². The highest BCUT2D eigenvalue weighted by molar-refractivity contribution is 14.1. The van der Waals surface area contributed by atoms with Crippen molar-refractivity contribution in [3.05, 3.63) is 45.6 Å². The van der Waals surface area contributed by atoms with Crippen LogP contribution in [0, 0.1) is 0 Å². The van der Waals surface area contributed by atoms with E-state index in [1.807, 2.05) is 30.3 Å². The van der Waals surface area contributed by atoms with Crippen LogP contribution in [-0.4, -0.2) is 5.11 Å². The van der Waals surface area contributed by atoms with Crippen LogP contribution in [0.4, 0.5) is 0 Å². The van der Waals surface area contributed by atoms with E-state index in [-0.39, 0.29) is 6.10 Å². The number of aliphatic hydroxyl groups excluding tert-OH is 1. The summed E-state index contributed by atoms with van der Waals surface area (Å²) in [5, 5.41) is 10.0. The third-order valence-electron chi connectivity index (χ3n) is 2.75. The van der Waals surface area contributed by atoms with Crippen LogP contribution in [0.5, 0.6) is 0 Å². The number of halogens is 1. The number of benzene rings is 1. The lowest BCUT2D eigenvalue weighted by atomic mass is 10.1. The fourth-order valence-corrected chi connectivity index (χ4v) is 2.44. The van der Waals surface area contributed by atoms with Crippen LogP contribution in [0.3, 0.4) is 0 Å². The van der Waals surface area contributed by atoms with Gasteiger partial charge in [-0.1, -0.05) is 56.2 Å². The fraction of sp³-hybridized carbons (Fsp3) is 0.467. The lowest BCUT2D eigenvalue weighted by Gasteiger charge is -2.10. The third kappa shape index (κ3) is 6.22. The molecule has 1 aromatic carbocycles. The van der Waals surface area contributed by atoms with Crippen LogP contribution in [0.2, 0.25) is 0 Å². The Morgan fingerprint density at radius 3 is 2.65 bits per heavy atom. The molecule has 0 aliphatic heterocycles. The zero-order valence-corrected chi connectivity index (χ0v) is 12.6. The van der Waals surface area contributed by atoms with Crippen LogP contribution in [-0.2, 0) is 0 Å². The summed E-state index contributed by atoms with van der Waals surface area (Å²) in [6.07, 6.45) is 7.56. The monoisotopic (exact) mass is 344 g/mol. The van der Waals surface area contributed by atoms with Crippen molar-refractivity contribution in [2.24, 2.45) is 0 Å². The Balaban J connectivity index is 2.37. The molecule has 0 aromatic heterocycles. The van der Waals surface area contributed by atoms with Gasteiger partial charge in [-0.25, -0.2) is 0 Å². The topological polar surface area (TPSA) is 20.2 Å². The van der Waals surface area contributed by atoms with Gasteiger partial charge in [-0.2, -0.15) is 0 Å². The zero-order chi connectivity index (χ0) is 12.5. The van der Waals surface area contributed by atoms with Gasteiger partial charge in [0.25, 0.3) is 0 Å². The molecule has 94 valence electrons. The molecule has 0 aliphatic carbocycles. The predicted octanol–water partition coefficient (Wildman–Crippen LogP) is 5.01. The number of hydrogen-bond acceptors (Lipinski definition) is 1. The minimum atomic E-state index is -0.370. The average Bonchev–Trinajstić information content (AvgIpc) is 2.36. The number of hydrogen-bond donors (Lipinski definition) is 1. The Morgan fingerprint density at radius 2 is 2.00 bits per heavy atom. The molecule has 0 heterocycles. The second-order valence-electron chi connectivity index (χ2n) is 4.28. The Hall–Kier alpha value is -0.350. The molecule has 2 heteroatoms. The maximum atomic E-state index is 10.0. The van der Waals surface area contributed by atoms with Gasteiger partial charge in [-0.05, 0) is 44.6 Å². The van der Waals surface area contributed by atoms with Crippen molar-refractivity contribution in [3.63, 3.8) is 0 Å². The van der Waals surface area contributed by atoms with Crippen molar-refractivity contribution in [2.45, 2.75) is 45.1 Å². The van der Waals surface area contributed by atoms with E-state index in [1.54, 1.807) is 0 Å².